The fraction of sp³-hybridized carbons (Fsp3) is 0.385. The van der Waals surface area contributed by atoms with Crippen LogP contribution in [0, 0.1) is 0 Å². The Morgan fingerprint density at radius 2 is 2.47 bits per heavy atom. The van der Waals surface area contributed by atoms with Gasteiger partial charge in [0, 0.05) is 36.2 Å². The highest BCUT2D eigenvalue weighted by Gasteiger charge is 2.16. The van der Waals surface area contributed by atoms with E-state index in [9.17, 15) is 4.79 Å². The number of hydrogen-bond acceptors (Lipinski definition) is 5. The lowest BCUT2D eigenvalue weighted by molar-refractivity contribution is -0.116. The molecule has 6 heteroatoms. The molecule has 1 aromatic heterocycles. The highest BCUT2D eigenvalue weighted by atomic mass is 32.2. The summed E-state index contributed by atoms with van der Waals surface area (Å²) in [6, 6.07) is 6.15. The van der Waals surface area contributed by atoms with Gasteiger partial charge >= 0.3 is 0 Å². The summed E-state index contributed by atoms with van der Waals surface area (Å²) < 4.78 is 1.14. The second kappa shape index (κ2) is 5.90. The minimum absolute atomic E-state index is 0.0644. The number of anilines is 1. The Bertz CT molecular complexity index is 578. The molecule has 0 saturated carbocycles. The molecule has 2 heterocycles. The van der Waals surface area contributed by atoms with E-state index in [1.807, 2.05) is 35.5 Å². The van der Waals surface area contributed by atoms with Crippen molar-refractivity contribution >= 4 is 44.9 Å². The molecule has 0 aliphatic carbocycles. The van der Waals surface area contributed by atoms with Gasteiger partial charge in [-0.2, -0.15) is 11.8 Å². The van der Waals surface area contributed by atoms with Crippen LogP contribution in [-0.4, -0.2) is 35.0 Å². The van der Waals surface area contributed by atoms with Gasteiger partial charge in [-0.05, 0) is 18.2 Å². The summed E-state index contributed by atoms with van der Waals surface area (Å²) >= 11 is 3.51. The number of benzene rings is 1. The summed E-state index contributed by atoms with van der Waals surface area (Å²) in [5, 5.41) is 6.32. The van der Waals surface area contributed by atoms with Gasteiger partial charge in [-0.15, -0.1) is 11.3 Å². The smallest absolute Gasteiger partial charge is 0.225 e. The predicted octanol–water partition coefficient (Wildman–Crippen LogP) is 2.33. The largest absolute Gasteiger partial charge is 0.326 e. The fourth-order valence-electron chi connectivity index (χ4n) is 2.12. The van der Waals surface area contributed by atoms with Crippen LogP contribution in [0.1, 0.15) is 6.42 Å². The molecule has 3 rings (SSSR count). The molecular weight excluding hydrogens is 278 g/mol. The minimum Gasteiger partial charge on any atom is -0.326 e. The van der Waals surface area contributed by atoms with E-state index in [0.29, 0.717) is 12.5 Å². The topological polar surface area (TPSA) is 54.0 Å². The molecule has 19 heavy (non-hydrogen) atoms. The molecule has 2 aromatic rings. The van der Waals surface area contributed by atoms with Crippen LogP contribution in [0.4, 0.5) is 5.69 Å². The van der Waals surface area contributed by atoms with Gasteiger partial charge in [0.25, 0.3) is 0 Å². The molecule has 1 aliphatic rings. The van der Waals surface area contributed by atoms with Crippen molar-refractivity contribution in [2.75, 3.05) is 23.4 Å². The lowest BCUT2D eigenvalue weighted by Gasteiger charge is -2.22. The van der Waals surface area contributed by atoms with Crippen LogP contribution in [0.3, 0.4) is 0 Å². The Hall–Kier alpha value is -1.11. The average molecular weight is 293 g/mol. The van der Waals surface area contributed by atoms with Gasteiger partial charge in [-0.3, -0.25) is 4.79 Å². The number of rotatable bonds is 3. The summed E-state index contributed by atoms with van der Waals surface area (Å²) in [7, 11) is 0. The molecule has 1 atom stereocenters. The van der Waals surface area contributed by atoms with Crippen molar-refractivity contribution in [3.8, 4) is 0 Å². The van der Waals surface area contributed by atoms with Crippen LogP contribution in [0.25, 0.3) is 10.2 Å². The third-order valence-corrected chi connectivity index (χ3v) is 4.99. The van der Waals surface area contributed by atoms with Gasteiger partial charge in [-0.25, -0.2) is 4.98 Å². The highest BCUT2D eigenvalue weighted by molar-refractivity contribution is 7.99. The molecule has 1 saturated heterocycles. The molecule has 0 bridgehead atoms. The number of nitrogens with zero attached hydrogens (tertiary/aromatic N) is 1. The van der Waals surface area contributed by atoms with E-state index < -0.39 is 0 Å². The number of carbonyl (C=O) groups excluding carboxylic acids is 1. The summed E-state index contributed by atoms with van der Waals surface area (Å²) in [5.41, 5.74) is 3.58. The molecule has 0 radical (unpaired) electrons. The number of thioether (sulfide) groups is 1. The van der Waals surface area contributed by atoms with E-state index >= 15 is 0 Å². The van der Waals surface area contributed by atoms with Crippen molar-refractivity contribution in [3.05, 3.63) is 23.7 Å². The van der Waals surface area contributed by atoms with Crippen LogP contribution in [0.15, 0.2) is 23.7 Å². The number of amides is 1. The Morgan fingerprint density at radius 3 is 3.32 bits per heavy atom. The van der Waals surface area contributed by atoms with Crippen molar-refractivity contribution in [3.63, 3.8) is 0 Å². The molecule has 1 aliphatic heterocycles. The zero-order chi connectivity index (χ0) is 13.1. The van der Waals surface area contributed by atoms with Gasteiger partial charge in [0.05, 0.1) is 15.7 Å². The summed E-state index contributed by atoms with van der Waals surface area (Å²) in [6.07, 6.45) is 0.530. The molecule has 4 nitrogen and oxygen atoms in total. The number of carbonyl (C=O) groups is 1. The second-order valence-electron chi connectivity index (χ2n) is 4.51. The van der Waals surface area contributed by atoms with E-state index in [4.69, 9.17) is 0 Å². The SMILES string of the molecule is O=C(CC1CSCCN1)Nc1ccc2scnc2c1. The molecule has 1 fully saturated rings. The number of hydrogen-bond donors (Lipinski definition) is 2. The first-order valence-corrected chi connectivity index (χ1v) is 8.29. The number of thiazole rings is 1. The van der Waals surface area contributed by atoms with Crippen LogP contribution >= 0.6 is 23.1 Å². The van der Waals surface area contributed by atoms with Crippen molar-refractivity contribution in [1.29, 1.82) is 0 Å². The standard InChI is InChI=1S/C13H15N3OS2/c17-13(6-10-7-18-4-3-14-10)16-9-1-2-12-11(5-9)15-8-19-12/h1-2,5,8,10,14H,3-4,6-7H2,(H,16,17). The quantitative estimate of drug-likeness (QED) is 0.912. The maximum atomic E-state index is 12.0. The first kappa shape index (κ1) is 12.9. The van der Waals surface area contributed by atoms with Crippen LogP contribution < -0.4 is 10.6 Å². The summed E-state index contributed by atoms with van der Waals surface area (Å²) in [6.45, 7) is 0.993. The lowest BCUT2D eigenvalue weighted by Crippen LogP contribution is -2.39. The van der Waals surface area contributed by atoms with Gasteiger partial charge in [0.15, 0.2) is 0 Å². The number of fused-ring (bicyclic) bond motifs is 1. The minimum atomic E-state index is 0.0644. The normalized spacial score (nSPS) is 19.5. The number of aromatic nitrogens is 1. The van der Waals surface area contributed by atoms with Crippen molar-refractivity contribution < 1.29 is 4.79 Å². The zero-order valence-corrected chi connectivity index (χ0v) is 12.0. The van der Waals surface area contributed by atoms with Crippen LogP contribution in [0.2, 0.25) is 0 Å². The maximum absolute atomic E-state index is 12.0. The Labute approximate surface area is 120 Å². The van der Waals surface area contributed by atoms with Crippen molar-refractivity contribution in [2.45, 2.75) is 12.5 Å². The van der Waals surface area contributed by atoms with E-state index in [1.54, 1.807) is 11.3 Å². The summed E-state index contributed by atoms with van der Waals surface area (Å²) in [4.78, 5) is 16.2. The second-order valence-corrected chi connectivity index (χ2v) is 6.55. The molecular formula is C13H15N3OS2. The monoisotopic (exact) mass is 293 g/mol. The number of nitrogens with one attached hydrogen (secondary N) is 2. The molecule has 2 N–H and O–H groups in total. The molecule has 100 valence electrons. The van der Waals surface area contributed by atoms with E-state index in [-0.39, 0.29) is 5.91 Å². The fourth-order valence-corrected chi connectivity index (χ4v) is 3.73. The zero-order valence-electron chi connectivity index (χ0n) is 10.4. The molecule has 0 spiro atoms. The molecule has 1 aromatic carbocycles. The van der Waals surface area contributed by atoms with E-state index in [2.05, 4.69) is 15.6 Å². The summed E-state index contributed by atoms with van der Waals surface area (Å²) in [5.74, 6) is 2.21. The Morgan fingerprint density at radius 1 is 1.53 bits per heavy atom. The van der Waals surface area contributed by atoms with Gasteiger partial charge < -0.3 is 10.6 Å². The highest BCUT2D eigenvalue weighted by Crippen LogP contribution is 2.21. The average Bonchev–Trinajstić information content (AvgIpc) is 2.87. The van der Waals surface area contributed by atoms with Crippen LogP contribution in [0.5, 0.6) is 0 Å². The lowest BCUT2D eigenvalue weighted by atomic mass is 10.2. The third-order valence-electron chi connectivity index (χ3n) is 3.04. The van der Waals surface area contributed by atoms with Crippen molar-refractivity contribution in [1.82, 2.24) is 10.3 Å². The Kier molecular flexibility index (Phi) is 4.00. The first-order chi connectivity index (χ1) is 9.31. The molecule has 1 amide bonds. The van der Waals surface area contributed by atoms with Gasteiger partial charge in [-0.1, -0.05) is 0 Å². The first-order valence-electron chi connectivity index (χ1n) is 6.25. The van der Waals surface area contributed by atoms with Crippen LogP contribution in [-0.2, 0) is 4.79 Å². The Balaban J connectivity index is 1.61. The van der Waals surface area contributed by atoms with E-state index in [0.717, 1.165) is 34.0 Å². The van der Waals surface area contributed by atoms with E-state index in [1.165, 1.54) is 0 Å². The third kappa shape index (κ3) is 3.26. The molecule has 1 unspecified atom stereocenters. The van der Waals surface area contributed by atoms with Crippen molar-refractivity contribution in [2.24, 2.45) is 0 Å². The maximum Gasteiger partial charge on any atom is 0.225 e. The predicted molar refractivity (Wildman–Crippen MR) is 82.0 cm³/mol. The van der Waals surface area contributed by atoms with Gasteiger partial charge in [0.2, 0.25) is 5.91 Å². The van der Waals surface area contributed by atoms with Gasteiger partial charge in [0.1, 0.15) is 0 Å².